The van der Waals surface area contributed by atoms with Crippen molar-refractivity contribution in [1.29, 1.82) is 0 Å². The Morgan fingerprint density at radius 2 is 1.84 bits per heavy atom. The minimum absolute atomic E-state index is 0.104. The summed E-state index contributed by atoms with van der Waals surface area (Å²) in [5.41, 5.74) is 7.84. The maximum absolute atomic E-state index is 14.7. The van der Waals surface area contributed by atoms with E-state index in [-0.39, 0.29) is 34.8 Å². The Morgan fingerprint density at radius 1 is 1.11 bits per heavy atom. The molecule has 11 heteroatoms. The summed E-state index contributed by atoms with van der Waals surface area (Å²) in [5, 5.41) is 3.28. The van der Waals surface area contributed by atoms with Gasteiger partial charge >= 0.3 is 6.09 Å². The molecule has 8 nitrogen and oxygen atoms in total. The van der Waals surface area contributed by atoms with Crippen molar-refractivity contribution in [3.63, 3.8) is 0 Å². The second-order valence-corrected chi connectivity index (χ2v) is 13.8. The van der Waals surface area contributed by atoms with Crippen molar-refractivity contribution in [2.24, 2.45) is 5.92 Å². The quantitative estimate of drug-likeness (QED) is 0.199. The third kappa shape index (κ3) is 7.68. The summed E-state index contributed by atoms with van der Waals surface area (Å²) in [6.45, 7) is 6.26. The largest absolute Gasteiger partial charge is 0.496 e. The number of thiophene rings is 1. The first kappa shape index (κ1) is 32.5. The highest BCUT2D eigenvalue weighted by molar-refractivity contribution is 7.21. The van der Waals surface area contributed by atoms with E-state index in [2.05, 4.69) is 10.3 Å². The van der Waals surface area contributed by atoms with Crippen LogP contribution in [0.1, 0.15) is 61.7 Å². The van der Waals surface area contributed by atoms with E-state index in [0.717, 1.165) is 42.4 Å². The minimum atomic E-state index is -0.567. The van der Waals surface area contributed by atoms with E-state index in [1.54, 1.807) is 31.5 Å². The number of anilines is 1. The molecule has 2 amide bonds. The summed E-state index contributed by atoms with van der Waals surface area (Å²) in [5.74, 6) is 0.617. The summed E-state index contributed by atoms with van der Waals surface area (Å²) < 4.78 is 26.5. The number of nitrogens with two attached hydrogens (primary N) is 1. The number of nitrogens with one attached hydrogen (secondary N) is 1. The molecule has 2 aromatic carbocycles. The number of rotatable bonds is 8. The van der Waals surface area contributed by atoms with Crippen LogP contribution in [0.2, 0.25) is 5.02 Å². The molecule has 2 aromatic heterocycles. The van der Waals surface area contributed by atoms with Gasteiger partial charge in [0.25, 0.3) is 5.91 Å². The number of benzene rings is 2. The SMILES string of the molecule is COc1ccc(-c2ccc(N)nc2)cc1CN(C(=O)c1sc2cccc(F)c2c1Cl)C1CCC(CNC(=O)OC(C)(C)C)CC1. The Balaban J connectivity index is 1.42. The van der Waals surface area contributed by atoms with Crippen molar-refractivity contribution >= 4 is 50.8 Å². The van der Waals surface area contributed by atoms with Crippen LogP contribution in [-0.2, 0) is 11.3 Å². The topological polar surface area (TPSA) is 107 Å². The van der Waals surface area contributed by atoms with Gasteiger partial charge in [-0.25, -0.2) is 14.2 Å². The lowest BCUT2D eigenvalue weighted by Crippen LogP contribution is -2.43. The average Bonchev–Trinajstić information content (AvgIpc) is 3.35. The van der Waals surface area contributed by atoms with Crippen LogP contribution in [0.4, 0.5) is 15.0 Å². The summed E-state index contributed by atoms with van der Waals surface area (Å²) in [7, 11) is 1.60. The van der Waals surface area contributed by atoms with Crippen LogP contribution >= 0.6 is 22.9 Å². The fourth-order valence-electron chi connectivity index (χ4n) is 5.75. The van der Waals surface area contributed by atoms with Gasteiger partial charge in [-0.1, -0.05) is 23.7 Å². The van der Waals surface area contributed by atoms with Crippen LogP contribution in [0.5, 0.6) is 5.75 Å². The number of aromatic nitrogens is 1. The maximum atomic E-state index is 14.7. The third-order valence-electron chi connectivity index (χ3n) is 7.99. The van der Waals surface area contributed by atoms with Crippen molar-refractivity contribution in [2.75, 3.05) is 19.4 Å². The molecule has 0 spiro atoms. The van der Waals surface area contributed by atoms with Gasteiger partial charge in [-0.2, -0.15) is 0 Å². The van der Waals surface area contributed by atoms with Gasteiger partial charge in [0.05, 0.1) is 12.1 Å². The van der Waals surface area contributed by atoms with Crippen LogP contribution in [0.3, 0.4) is 0 Å². The molecule has 0 saturated heterocycles. The van der Waals surface area contributed by atoms with Gasteiger partial charge in [-0.3, -0.25) is 4.79 Å². The molecule has 1 saturated carbocycles. The average molecular weight is 653 g/mol. The number of carbonyl (C=O) groups excluding carboxylic acids is 2. The predicted octanol–water partition coefficient (Wildman–Crippen LogP) is 8.07. The van der Waals surface area contributed by atoms with Crippen molar-refractivity contribution in [1.82, 2.24) is 15.2 Å². The third-order valence-corrected chi connectivity index (χ3v) is 9.63. The van der Waals surface area contributed by atoms with E-state index in [1.165, 1.54) is 17.4 Å². The smallest absolute Gasteiger partial charge is 0.407 e. The predicted molar refractivity (Wildman–Crippen MR) is 177 cm³/mol. The lowest BCUT2D eigenvalue weighted by molar-refractivity contribution is 0.0503. The molecule has 0 bridgehead atoms. The molecule has 0 atom stereocenters. The Bertz CT molecular complexity index is 1680. The van der Waals surface area contributed by atoms with Crippen molar-refractivity contribution in [3.05, 3.63) is 76.0 Å². The van der Waals surface area contributed by atoms with Gasteiger partial charge in [0.15, 0.2) is 0 Å². The number of nitrogens with zero attached hydrogens (tertiary/aromatic N) is 2. The molecule has 1 fully saturated rings. The van der Waals surface area contributed by atoms with Gasteiger partial charge < -0.3 is 25.4 Å². The van der Waals surface area contributed by atoms with E-state index in [4.69, 9.17) is 26.8 Å². The number of methoxy groups -OCH3 is 1. The number of fused-ring (bicyclic) bond motifs is 1. The lowest BCUT2D eigenvalue weighted by atomic mass is 9.85. The van der Waals surface area contributed by atoms with Crippen LogP contribution in [0.15, 0.2) is 54.7 Å². The van der Waals surface area contributed by atoms with Crippen molar-refractivity contribution in [3.8, 4) is 16.9 Å². The van der Waals surface area contributed by atoms with Crippen molar-refractivity contribution in [2.45, 2.75) is 64.6 Å². The Kier molecular flexibility index (Phi) is 9.84. The number of amides is 2. The first-order valence-electron chi connectivity index (χ1n) is 15.0. The molecular formula is C34H38ClFN4O4S. The molecule has 238 valence electrons. The number of hydrogen-bond donors (Lipinski definition) is 2. The number of hydrogen-bond acceptors (Lipinski definition) is 7. The van der Waals surface area contributed by atoms with Crippen LogP contribution in [0, 0.1) is 11.7 Å². The fraction of sp³-hybridized carbons (Fsp3) is 0.382. The zero-order valence-corrected chi connectivity index (χ0v) is 27.4. The lowest BCUT2D eigenvalue weighted by Gasteiger charge is -2.37. The fourth-order valence-corrected chi connectivity index (χ4v) is 7.26. The molecule has 0 unspecified atom stereocenters. The molecule has 2 heterocycles. The molecule has 1 aliphatic carbocycles. The second-order valence-electron chi connectivity index (χ2n) is 12.3. The van der Waals surface area contributed by atoms with E-state index < -0.39 is 17.5 Å². The molecule has 0 radical (unpaired) electrons. The van der Waals surface area contributed by atoms with Gasteiger partial charge in [-0.15, -0.1) is 11.3 Å². The first-order chi connectivity index (χ1) is 21.4. The molecule has 1 aliphatic rings. The Morgan fingerprint density at radius 3 is 2.49 bits per heavy atom. The summed E-state index contributed by atoms with van der Waals surface area (Å²) >= 11 is 7.89. The number of nitrogen functional groups attached to an aromatic ring is 1. The number of pyridine rings is 1. The zero-order valence-electron chi connectivity index (χ0n) is 25.9. The highest BCUT2D eigenvalue weighted by Gasteiger charge is 2.33. The number of ether oxygens (including phenoxy) is 2. The standard InChI is InChI=1S/C34H38ClFN4O4S/c1-34(2,3)44-33(42)39-17-20-8-12-24(13-9-20)40(32(41)31-30(35)29-25(36)6-5-7-27(29)45-31)19-23-16-21(10-14-26(23)43-4)22-11-15-28(37)38-18-22/h5-7,10-11,14-16,18,20,24H,8-9,12-13,17,19H2,1-4H3,(H2,37,38)(H,39,42). The molecular weight excluding hydrogens is 615 g/mol. The van der Waals surface area contributed by atoms with E-state index in [9.17, 15) is 14.0 Å². The molecule has 3 N–H and O–H groups in total. The molecule has 4 aromatic rings. The monoisotopic (exact) mass is 652 g/mol. The van der Waals surface area contributed by atoms with Gasteiger partial charge in [0.2, 0.25) is 0 Å². The van der Waals surface area contributed by atoms with Crippen LogP contribution < -0.4 is 15.8 Å². The second kappa shape index (κ2) is 13.6. The van der Waals surface area contributed by atoms with E-state index in [0.29, 0.717) is 27.7 Å². The van der Waals surface area contributed by atoms with Gasteiger partial charge in [0.1, 0.15) is 27.9 Å². The highest BCUT2D eigenvalue weighted by Crippen LogP contribution is 2.40. The van der Waals surface area contributed by atoms with Crippen LogP contribution in [-0.4, -0.2) is 47.2 Å². The van der Waals surface area contributed by atoms with Crippen molar-refractivity contribution < 1.29 is 23.5 Å². The highest BCUT2D eigenvalue weighted by atomic mass is 35.5. The Hall–Kier alpha value is -3.89. The number of alkyl carbamates (subject to hydrolysis) is 1. The van der Waals surface area contributed by atoms with E-state index >= 15 is 0 Å². The molecule has 5 rings (SSSR count). The van der Waals surface area contributed by atoms with Gasteiger partial charge in [-0.05, 0) is 94.3 Å². The Labute approximate surface area is 271 Å². The summed E-state index contributed by atoms with van der Waals surface area (Å²) in [4.78, 5) is 32.9. The summed E-state index contributed by atoms with van der Waals surface area (Å²) in [6.07, 6.45) is 4.36. The molecule has 45 heavy (non-hydrogen) atoms. The number of carbonyl (C=O) groups is 2. The number of halogens is 2. The normalized spacial score (nSPS) is 16.8. The molecule has 0 aliphatic heterocycles. The maximum Gasteiger partial charge on any atom is 0.407 e. The van der Waals surface area contributed by atoms with Gasteiger partial charge in [0, 0.05) is 46.5 Å². The first-order valence-corrected chi connectivity index (χ1v) is 16.2. The summed E-state index contributed by atoms with van der Waals surface area (Å²) in [6, 6.07) is 14.1. The zero-order chi connectivity index (χ0) is 32.3. The minimum Gasteiger partial charge on any atom is -0.496 e. The van der Waals surface area contributed by atoms with E-state index in [1.807, 2.05) is 49.9 Å². The van der Waals surface area contributed by atoms with Crippen LogP contribution in [0.25, 0.3) is 21.2 Å².